The van der Waals surface area contributed by atoms with Crippen LogP contribution in [-0.4, -0.2) is 57.7 Å². The molecule has 1 aromatic carbocycles. The van der Waals surface area contributed by atoms with Crippen molar-refractivity contribution in [2.24, 2.45) is 0 Å². The molecule has 0 spiro atoms. The van der Waals surface area contributed by atoms with E-state index in [0.29, 0.717) is 30.0 Å². The van der Waals surface area contributed by atoms with Crippen molar-refractivity contribution in [2.75, 3.05) is 44.2 Å². The fraction of sp³-hybridized carbons (Fsp3) is 0.381. The van der Waals surface area contributed by atoms with E-state index in [9.17, 15) is 12.8 Å². The summed E-state index contributed by atoms with van der Waals surface area (Å²) in [5.74, 6) is 0.366. The molecule has 2 aromatic heterocycles. The maximum Gasteiger partial charge on any atom is 0.250 e. The first-order valence-corrected chi connectivity index (χ1v) is 12.5. The monoisotopic (exact) mass is 464 g/mol. The average Bonchev–Trinajstić information content (AvgIpc) is 3.42. The molecule has 3 heterocycles. The van der Waals surface area contributed by atoms with E-state index < -0.39 is 10.0 Å². The fourth-order valence-corrected chi connectivity index (χ4v) is 5.87. The van der Waals surface area contributed by atoms with Gasteiger partial charge in [-0.15, -0.1) is 11.3 Å². The number of rotatable bonds is 8. The summed E-state index contributed by atoms with van der Waals surface area (Å²) >= 11 is 1.16. The standard InChI is InChI=1S/C21H25FN4O3S2/c1-16-13-20(29-24-16)17-14-21(30-15-17)31(27,28)23-7-4-8-25-9-11-26(12-10-25)19-6-3-2-5-18(19)22/h2-3,5-6,13-15,23H,4,7-12H2,1H3. The molecule has 0 bridgehead atoms. The van der Waals surface area contributed by atoms with Crippen LogP contribution in [0.15, 0.2) is 50.5 Å². The number of nitrogens with zero attached hydrogens (tertiary/aromatic N) is 3. The Hall–Kier alpha value is -2.27. The van der Waals surface area contributed by atoms with Gasteiger partial charge in [0.05, 0.1) is 11.4 Å². The second-order valence-corrected chi connectivity index (χ2v) is 10.4. The van der Waals surface area contributed by atoms with Crippen LogP contribution in [0.4, 0.5) is 10.1 Å². The van der Waals surface area contributed by atoms with Gasteiger partial charge in [0.2, 0.25) is 10.0 Å². The number of benzene rings is 1. The van der Waals surface area contributed by atoms with Crippen molar-refractivity contribution in [2.45, 2.75) is 17.6 Å². The zero-order chi connectivity index (χ0) is 21.8. The topological polar surface area (TPSA) is 78.7 Å². The van der Waals surface area contributed by atoms with Gasteiger partial charge in [0, 0.05) is 49.7 Å². The summed E-state index contributed by atoms with van der Waals surface area (Å²) in [7, 11) is -3.56. The minimum absolute atomic E-state index is 0.194. The number of para-hydroxylation sites is 1. The normalized spacial score (nSPS) is 15.5. The minimum atomic E-state index is -3.56. The van der Waals surface area contributed by atoms with E-state index in [1.54, 1.807) is 29.6 Å². The number of aryl methyl sites for hydroxylation is 1. The van der Waals surface area contributed by atoms with Crippen LogP contribution in [0.2, 0.25) is 0 Å². The number of thiophene rings is 1. The van der Waals surface area contributed by atoms with E-state index in [1.807, 2.05) is 13.0 Å². The minimum Gasteiger partial charge on any atom is -0.367 e. The zero-order valence-corrected chi connectivity index (χ0v) is 18.9. The summed E-state index contributed by atoms with van der Waals surface area (Å²) in [5.41, 5.74) is 2.10. The molecular weight excluding hydrogens is 439 g/mol. The number of hydrogen-bond acceptors (Lipinski definition) is 7. The molecule has 7 nitrogen and oxygen atoms in total. The van der Waals surface area contributed by atoms with Crippen LogP contribution in [0, 0.1) is 12.7 Å². The van der Waals surface area contributed by atoms with Crippen LogP contribution >= 0.6 is 11.3 Å². The summed E-state index contributed by atoms with van der Waals surface area (Å²) in [6.07, 6.45) is 0.707. The Bertz CT molecular complexity index is 1120. The lowest BCUT2D eigenvalue weighted by Gasteiger charge is -2.36. The van der Waals surface area contributed by atoms with Gasteiger partial charge in [-0.05, 0) is 38.1 Å². The molecule has 31 heavy (non-hydrogen) atoms. The van der Waals surface area contributed by atoms with Crippen LogP contribution in [-0.2, 0) is 10.0 Å². The zero-order valence-electron chi connectivity index (χ0n) is 17.3. The van der Waals surface area contributed by atoms with Crippen LogP contribution in [0.1, 0.15) is 12.1 Å². The van der Waals surface area contributed by atoms with E-state index in [2.05, 4.69) is 19.7 Å². The predicted octanol–water partition coefficient (Wildman–Crippen LogP) is 3.34. The molecule has 0 saturated carbocycles. The van der Waals surface area contributed by atoms with Crippen molar-refractivity contribution >= 4 is 27.0 Å². The third-order valence-electron chi connectivity index (χ3n) is 5.26. The lowest BCUT2D eigenvalue weighted by Crippen LogP contribution is -2.47. The first-order chi connectivity index (χ1) is 14.9. The van der Waals surface area contributed by atoms with Gasteiger partial charge in [0.1, 0.15) is 10.0 Å². The molecule has 4 rings (SSSR count). The van der Waals surface area contributed by atoms with Crippen LogP contribution in [0.3, 0.4) is 0 Å². The highest BCUT2D eigenvalue weighted by Crippen LogP contribution is 2.28. The van der Waals surface area contributed by atoms with Gasteiger partial charge in [-0.2, -0.15) is 0 Å². The average molecular weight is 465 g/mol. The van der Waals surface area contributed by atoms with E-state index >= 15 is 0 Å². The van der Waals surface area contributed by atoms with Crippen molar-refractivity contribution in [3.8, 4) is 11.3 Å². The quantitative estimate of drug-likeness (QED) is 0.515. The highest BCUT2D eigenvalue weighted by atomic mass is 32.2. The highest BCUT2D eigenvalue weighted by Gasteiger charge is 2.20. The van der Waals surface area contributed by atoms with Gasteiger partial charge in [-0.25, -0.2) is 17.5 Å². The van der Waals surface area contributed by atoms with E-state index in [4.69, 9.17) is 4.52 Å². The smallest absolute Gasteiger partial charge is 0.250 e. The Balaban J connectivity index is 1.22. The number of halogens is 1. The molecule has 1 saturated heterocycles. The Morgan fingerprint density at radius 2 is 1.97 bits per heavy atom. The molecule has 1 aliphatic heterocycles. The largest absolute Gasteiger partial charge is 0.367 e. The molecule has 1 fully saturated rings. The molecule has 0 atom stereocenters. The Kier molecular flexibility index (Phi) is 6.71. The first-order valence-electron chi connectivity index (χ1n) is 10.2. The van der Waals surface area contributed by atoms with Gasteiger partial charge in [0.15, 0.2) is 5.76 Å². The number of aromatic nitrogens is 1. The Morgan fingerprint density at radius 1 is 1.19 bits per heavy atom. The second-order valence-electron chi connectivity index (χ2n) is 7.52. The maximum atomic E-state index is 13.9. The lowest BCUT2D eigenvalue weighted by atomic mass is 10.2. The third-order valence-corrected chi connectivity index (χ3v) is 8.16. The SMILES string of the molecule is Cc1cc(-c2csc(S(=O)(=O)NCCCN3CCN(c4ccccc4F)CC3)c2)on1. The first kappa shape index (κ1) is 21.9. The molecule has 0 aliphatic carbocycles. The van der Waals surface area contributed by atoms with Gasteiger partial charge in [-0.3, -0.25) is 4.90 Å². The Labute approximate surface area is 185 Å². The van der Waals surface area contributed by atoms with Gasteiger partial charge < -0.3 is 9.42 Å². The van der Waals surface area contributed by atoms with Crippen molar-refractivity contribution in [1.29, 1.82) is 0 Å². The van der Waals surface area contributed by atoms with E-state index in [-0.39, 0.29) is 10.0 Å². The van der Waals surface area contributed by atoms with Gasteiger partial charge >= 0.3 is 0 Å². The molecule has 0 radical (unpaired) electrons. The number of hydrogen-bond donors (Lipinski definition) is 1. The summed E-state index contributed by atoms with van der Waals surface area (Å²) in [6, 6.07) is 10.2. The predicted molar refractivity (Wildman–Crippen MR) is 119 cm³/mol. The van der Waals surface area contributed by atoms with Crippen molar-refractivity contribution in [3.05, 3.63) is 53.3 Å². The second kappa shape index (κ2) is 9.47. The molecule has 166 valence electrons. The van der Waals surface area contributed by atoms with Crippen LogP contribution in [0.5, 0.6) is 0 Å². The molecule has 1 aliphatic rings. The van der Waals surface area contributed by atoms with E-state index in [0.717, 1.165) is 49.8 Å². The third kappa shape index (κ3) is 5.32. The maximum absolute atomic E-state index is 13.9. The summed E-state index contributed by atoms with van der Waals surface area (Å²) in [5, 5.41) is 5.59. The summed E-state index contributed by atoms with van der Waals surface area (Å²) < 4.78 is 47.2. The number of anilines is 1. The van der Waals surface area contributed by atoms with Crippen molar-refractivity contribution < 1.29 is 17.3 Å². The molecular formula is C21H25FN4O3S2. The van der Waals surface area contributed by atoms with E-state index in [1.165, 1.54) is 6.07 Å². The number of nitrogens with one attached hydrogen (secondary N) is 1. The van der Waals surface area contributed by atoms with Crippen LogP contribution in [0.25, 0.3) is 11.3 Å². The Morgan fingerprint density at radius 3 is 2.68 bits per heavy atom. The van der Waals surface area contributed by atoms with Crippen LogP contribution < -0.4 is 9.62 Å². The molecule has 0 amide bonds. The molecule has 1 N–H and O–H groups in total. The van der Waals surface area contributed by atoms with Gasteiger partial charge in [-0.1, -0.05) is 17.3 Å². The lowest BCUT2D eigenvalue weighted by molar-refractivity contribution is 0.255. The molecule has 3 aromatic rings. The summed E-state index contributed by atoms with van der Waals surface area (Å²) in [6.45, 7) is 6.14. The number of sulfonamides is 1. The highest BCUT2D eigenvalue weighted by molar-refractivity contribution is 7.91. The number of piperazine rings is 1. The van der Waals surface area contributed by atoms with Crippen molar-refractivity contribution in [3.63, 3.8) is 0 Å². The molecule has 10 heteroatoms. The summed E-state index contributed by atoms with van der Waals surface area (Å²) in [4.78, 5) is 4.33. The fourth-order valence-electron chi connectivity index (χ4n) is 3.59. The molecule has 0 unspecified atom stereocenters. The van der Waals surface area contributed by atoms with Crippen molar-refractivity contribution in [1.82, 2.24) is 14.8 Å². The van der Waals surface area contributed by atoms with Gasteiger partial charge in [0.25, 0.3) is 0 Å².